The Morgan fingerprint density at radius 2 is 1.96 bits per heavy atom. The largest absolute Gasteiger partial charge is 0.481 e. The van der Waals surface area contributed by atoms with Gasteiger partial charge in [-0.15, -0.1) is 0 Å². The van der Waals surface area contributed by atoms with E-state index in [9.17, 15) is 9.18 Å². The number of aromatic amines is 1. The first kappa shape index (κ1) is 15.7. The van der Waals surface area contributed by atoms with Crippen LogP contribution in [0.2, 0.25) is 0 Å². The molecule has 0 bridgehead atoms. The van der Waals surface area contributed by atoms with Crippen LogP contribution in [-0.4, -0.2) is 22.7 Å². The van der Waals surface area contributed by atoms with E-state index in [0.717, 1.165) is 17.0 Å². The van der Waals surface area contributed by atoms with Crippen molar-refractivity contribution in [2.24, 2.45) is 0 Å². The van der Waals surface area contributed by atoms with Gasteiger partial charge in [-0.05, 0) is 37.3 Å². The molecule has 0 aliphatic heterocycles. The first-order valence-electron chi connectivity index (χ1n) is 7.41. The van der Waals surface area contributed by atoms with E-state index in [0.29, 0.717) is 5.69 Å². The van der Waals surface area contributed by atoms with Crippen molar-refractivity contribution in [2.75, 3.05) is 11.9 Å². The zero-order valence-electron chi connectivity index (χ0n) is 13.0. The first-order valence-corrected chi connectivity index (χ1v) is 7.41. The van der Waals surface area contributed by atoms with E-state index in [4.69, 9.17) is 4.74 Å². The highest BCUT2D eigenvalue weighted by atomic mass is 19.1. The molecule has 24 heavy (non-hydrogen) atoms. The summed E-state index contributed by atoms with van der Waals surface area (Å²) in [7, 11) is 0. The van der Waals surface area contributed by atoms with Gasteiger partial charge in [-0.3, -0.25) is 9.89 Å². The molecule has 122 valence electrons. The molecule has 2 N–H and O–H groups in total. The van der Waals surface area contributed by atoms with E-state index in [1.54, 1.807) is 24.3 Å². The molecule has 3 aromatic rings. The summed E-state index contributed by atoms with van der Waals surface area (Å²) in [5, 5.41) is 9.76. The molecule has 0 aliphatic carbocycles. The third kappa shape index (κ3) is 3.78. The van der Waals surface area contributed by atoms with Crippen molar-refractivity contribution in [3.05, 3.63) is 66.1 Å². The molecule has 1 heterocycles. The standard InChI is InChI=1S/C18H16FN3O2/c1-12-10-16(22-21-12)13-6-8-14(9-7-13)20-18(23)11-24-17-5-3-2-4-15(17)19/h2-10H,11H2,1H3,(H,20,23)(H,21,22). The van der Waals surface area contributed by atoms with Crippen LogP contribution in [0.5, 0.6) is 5.75 Å². The molecule has 0 atom stereocenters. The molecule has 0 spiro atoms. The second-order valence-electron chi connectivity index (χ2n) is 5.28. The van der Waals surface area contributed by atoms with E-state index in [1.165, 1.54) is 12.1 Å². The summed E-state index contributed by atoms with van der Waals surface area (Å²) < 4.78 is 18.6. The van der Waals surface area contributed by atoms with Crippen molar-refractivity contribution in [1.82, 2.24) is 10.2 Å². The third-order valence-electron chi connectivity index (χ3n) is 3.37. The van der Waals surface area contributed by atoms with E-state index in [2.05, 4.69) is 15.5 Å². The fourth-order valence-electron chi connectivity index (χ4n) is 2.19. The SMILES string of the molecule is Cc1cc(-c2ccc(NC(=O)COc3ccccc3F)cc2)n[nH]1. The van der Waals surface area contributed by atoms with Crippen molar-refractivity contribution in [2.45, 2.75) is 6.92 Å². The zero-order chi connectivity index (χ0) is 16.9. The average molecular weight is 325 g/mol. The number of aryl methyl sites for hydroxylation is 1. The molecule has 0 aliphatic rings. The van der Waals surface area contributed by atoms with Crippen LogP contribution in [0, 0.1) is 12.7 Å². The Kier molecular flexibility index (Phi) is 4.56. The van der Waals surface area contributed by atoms with Crippen LogP contribution in [0.3, 0.4) is 0 Å². The lowest BCUT2D eigenvalue weighted by molar-refractivity contribution is -0.118. The Hall–Kier alpha value is -3.15. The van der Waals surface area contributed by atoms with Crippen LogP contribution >= 0.6 is 0 Å². The molecule has 0 fully saturated rings. The predicted molar refractivity (Wildman–Crippen MR) is 89.3 cm³/mol. The van der Waals surface area contributed by atoms with Crippen LogP contribution in [-0.2, 0) is 4.79 Å². The number of hydrogen-bond donors (Lipinski definition) is 2. The zero-order valence-corrected chi connectivity index (χ0v) is 13.0. The summed E-state index contributed by atoms with van der Waals surface area (Å²) in [4.78, 5) is 11.9. The highest BCUT2D eigenvalue weighted by molar-refractivity contribution is 5.92. The minimum Gasteiger partial charge on any atom is -0.481 e. The van der Waals surface area contributed by atoms with Gasteiger partial charge in [-0.25, -0.2) is 4.39 Å². The molecule has 0 saturated carbocycles. The molecule has 6 heteroatoms. The normalized spacial score (nSPS) is 10.4. The van der Waals surface area contributed by atoms with Crippen molar-refractivity contribution >= 4 is 11.6 Å². The number of nitrogens with zero attached hydrogens (tertiary/aromatic N) is 1. The van der Waals surface area contributed by atoms with Gasteiger partial charge < -0.3 is 10.1 Å². The molecule has 3 rings (SSSR count). The maximum absolute atomic E-state index is 13.4. The average Bonchev–Trinajstić information content (AvgIpc) is 3.01. The van der Waals surface area contributed by atoms with Crippen molar-refractivity contribution in [1.29, 1.82) is 0 Å². The van der Waals surface area contributed by atoms with Gasteiger partial charge in [0.05, 0.1) is 5.69 Å². The molecular weight excluding hydrogens is 309 g/mol. The van der Waals surface area contributed by atoms with Crippen molar-refractivity contribution < 1.29 is 13.9 Å². The maximum atomic E-state index is 13.4. The molecule has 1 aromatic heterocycles. The fraction of sp³-hybridized carbons (Fsp3) is 0.111. The Morgan fingerprint density at radius 1 is 1.21 bits per heavy atom. The summed E-state index contributed by atoms with van der Waals surface area (Å²) in [5.41, 5.74) is 3.40. The minimum absolute atomic E-state index is 0.0527. The molecule has 0 unspecified atom stereocenters. The van der Waals surface area contributed by atoms with Crippen molar-refractivity contribution in [3.63, 3.8) is 0 Å². The predicted octanol–water partition coefficient (Wildman–Crippen LogP) is 3.54. The van der Waals surface area contributed by atoms with Crippen molar-refractivity contribution in [3.8, 4) is 17.0 Å². The van der Waals surface area contributed by atoms with Crippen LogP contribution in [0.15, 0.2) is 54.6 Å². The quantitative estimate of drug-likeness (QED) is 0.754. The van der Waals surface area contributed by atoms with Gasteiger partial charge in [0.1, 0.15) is 0 Å². The first-order chi connectivity index (χ1) is 11.6. The number of H-pyrrole nitrogens is 1. The molecule has 5 nitrogen and oxygen atoms in total. The lowest BCUT2D eigenvalue weighted by Gasteiger charge is -2.08. The lowest BCUT2D eigenvalue weighted by atomic mass is 10.1. The van der Waals surface area contributed by atoms with Gasteiger partial charge >= 0.3 is 0 Å². The summed E-state index contributed by atoms with van der Waals surface area (Å²) in [5.74, 6) is -0.803. The summed E-state index contributed by atoms with van der Waals surface area (Å²) in [6.07, 6.45) is 0. The second kappa shape index (κ2) is 6.95. The van der Waals surface area contributed by atoms with Crippen LogP contribution in [0.1, 0.15) is 5.69 Å². The number of carbonyl (C=O) groups excluding carboxylic acids is 1. The van der Waals surface area contributed by atoms with E-state index in [1.807, 2.05) is 25.1 Å². The van der Waals surface area contributed by atoms with Gasteiger partial charge in [-0.1, -0.05) is 24.3 Å². The number of amides is 1. The molecule has 2 aromatic carbocycles. The molecule has 0 radical (unpaired) electrons. The molecular formula is C18H16FN3O2. The number of halogens is 1. The molecule has 1 amide bonds. The summed E-state index contributed by atoms with van der Waals surface area (Å²) >= 11 is 0. The Balaban J connectivity index is 1.57. The number of rotatable bonds is 5. The summed E-state index contributed by atoms with van der Waals surface area (Å²) in [6, 6.07) is 15.2. The number of hydrogen-bond acceptors (Lipinski definition) is 3. The maximum Gasteiger partial charge on any atom is 0.262 e. The van der Waals surface area contributed by atoms with Crippen LogP contribution < -0.4 is 10.1 Å². The number of anilines is 1. The highest BCUT2D eigenvalue weighted by Crippen LogP contribution is 2.20. The minimum atomic E-state index is -0.496. The van der Waals surface area contributed by atoms with E-state index in [-0.39, 0.29) is 18.3 Å². The topological polar surface area (TPSA) is 67.0 Å². The van der Waals surface area contributed by atoms with Gasteiger partial charge in [0.25, 0.3) is 5.91 Å². The van der Waals surface area contributed by atoms with E-state index < -0.39 is 5.82 Å². The van der Waals surface area contributed by atoms with Crippen LogP contribution in [0.4, 0.5) is 10.1 Å². The lowest BCUT2D eigenvalue weighted by Crippen LogP contribution is -2.20. The summed E-state index contributed by atoms with van der Waals surface area (Å²) in [6.45, 7) is 1.67. The Labute approximate surface area is 138 Å². The number of ether oxygens (including phenoxy) is 1. The smallest absolute Gasteiger partial charge is 0.262 e. The molecule has 0 saturated heterocycles. The number of nitrogens with one attached hydrogen (secondary N) is 2. The fourth-order valence-corrected chi connectivity index (χ4v) is 2.19. The number of aromatic nitrogens is 2. The van der Waals surface area contributed by atoms with Gasteiger partial charge in [0.15, 0.2) is 18.2 Å². The number of benzene rings is 2. The van der Waals surface area contributed by atoms with Crippen LogP contribution in [0.25, 0.3) is 11.3 Å². The van der Waals surface area contributed by atoms with Gasteiger partial charge in [0.2, 0.25) is 0 Å². The Bertz CT molecular complexity index is 843. The second-order valence-corrected chi connectivity index (χ2v) is 5.28. The monoisotopic (exact) mass is 325 g/mol. The third-order valence-corrected chi connectivity index (χ3v) is 3.37. The van der Waals surface area contributed by atoms with E-state index >= 15 is 0 Å². The van der Waals surface area contributed by atoms with Gasteiger partial charge in [-0.2, -0.15) is 5.10 Å². The highest BCUT2D eigenvalue weighted by Gasteiger charge is 2.07. The number of para-hydroxylation sites is 1. The van der Waals surface area contributed by atoms with Gasteiger partial charge in [0, 0.05) is 16.9 Å². The Morgan fingerprint density at radius 3 is 2.62 bits per heavy atom. The number of carbonyl (C=O) groups is 1.